The Hall–Kier alpha value is -9.78. The fraction of sp³-hybridized carbons (Fsp3) is 0.324. The van der Waals surface area contributed by atoms with Gasteiger partial charge in [-0.1, -0.05) is 98.8 Å². The minimum Gasteiger partial charge on any atom is -0.478 e. The number of pyridine rings is 2. The molecule has 4 aromatic carbocycles. The number of hydrogen-bond acceptors (Lipinski definition) is 12. The number of allylic oxidation sites excluding steroid dienone is 3. The van der Waals surface area contributed by atoms with Gasteiger partial charge in [0.1, 0.15) is 17.8 Å². The van der Waals surface area contributed by atoms with Crippen molar-refractivity contribution in [1.82, 2.24) is 44.6 Å². The number of carbonyl (C=O) groups is 4. The number of fused-ring (bicyclic) bond motifs is 2. The van der Waals surface area contributed by atoms with Crippen LogP contribution in [0.3, 0.4) is 0 Å². The summed E-state index contributed by atoms with van der Waals surface area (Å²) in [7, 11) is 6.77. The molecule has 0 aliphatic heterocycles. The molecule has 472 valence electrons. The van der Waals surface area contributed by atoms with Crippen molar-refractivity contribution in [2.24, 2.45) is 0 Å². The van der Waals surface area contributed by atoms with Crippen LogP contribution >= 0.6 is 0 Å². The molecule has 0 unspecified atom stereocenters. The third-order valence-electron chi connectivity index (χ3n) is 13.9. The lowest BCUT2D eigenvalue weighted by Crippen LogP contribution is -2.39. The van der Waals surface area contributed by atoms with Crippen LogP contribution in [0.2, 0.25) is 0 Å². The third kappa shape index (κ3) is 18.9. The van der Waals surface area contributed by atoms with E-state index in [4.69, 9.17) is 18.9 Å². The number of aromatic amines is 1. The zero-order chi connectivity index (χ0) is 65.1. The van der Waals surface area contributed by atoms with E-state index in [9.17, 15) is 23.6 Å². The second-order valence-corrected chi connectivity index (χ2v) is 23.5. The smallest absolute Gasteiger partial charge is 0.435 e. The maximum Gasteiger partial charge on any atom is 0.435 e. The molecular weight excluding hydrogens is 1140 g/mol. The van der Waals surface area contributed by atoms with Gasteiger partial charge < -0.3 is 33.6 Å². The quantitative estimate of drug-likeness (QED) is 0.0385. The lowest BCUT2D eigenvalue weighted by Gasteiger charge is -2.26. The fourth-order valence-electron chi connectivity index (χ4n) is 9.55. The predicted molar refractivity (Wildman–Crippen MR) is 349 cm³/mol. The second-order valence-electron chi connectivity index (χ2n) is 23.5. The van der Waals surface area contributed by atoms with Crippen LogP contribution in [0, 0.1) is 11.9 Å². The van der Waals surface area contributed by atoms with Crippen LogP contribution in [0.4, 0.5) is 18.4 Å². The summed E-state index contributed by atoms with van der Waals surface area (Å²) in [5, 5.41) is 10.9. The monoisotopic (exact) mass is 1230 g/mol. The molecule has 0 aliphatic carbocycles. The molecule has 1 N–H and O–H groups in total. The summed E-state index contributed by atoms with van der Waals surface area (Å²) in [4.78, 5) is 62.9. The van der Waals surface area contributed by atoms with Gasteiger partial charge in [-0.2, -0.15) is 18.6 Å². The highest BCUT2D eigenvalue weighted by molar-refractivity contribution is 6.02. The standard InChI is InChI=1S/C40H48FN5O6.C31H33FN4O2/c1-10-30(27-15-12-11-13-16-27)35(28-18-20-32-31(25-28)36(41)43-46(32)38(49)52-40(5,6)7)29-19-21-33(42-26-29)50-24-23-45(37(48)51-39(2,3)4)22-14-17-34(47)44(8)9;1-4-25(22-12-8-7-9-13-22)30(23-15-17-27-26(20-23)31(32)35-34-27)24-16-18-28(33-21-24)38-19-11-6-5-10-14-29(37)36(2)3/h11-21,25-26H,10,22-24H2,1-9H3;7-10,12-18,20-21H,4-6,11,19H2,1-3H3,(H,34,35)/b17-14+,35-30-;14-10+,30-25-. The number of unbranched alkanes of at least 4 members (excludes halogenated alkanes) is 2. The van der Waals surface area contributed by atoms with Gasteiger partial charge in [-0.05, 0) is 161 Å². The van der Waals surface area contributed by atoms with E-state index in [0.717, 1.165) is 80.5 Å². The number of amides is 3. The number of rotatable bonds is 22. The number of hydrogen-bond donors (Lipinski definition) is 1. The Labute approximate surface area is 525 Å². The molecule has 19 heteroatoms. The van der Waals surface area contributed by atoms with E-state index in [1.807, 2.05) is 103 Å². The first kappa shape index (κ1) is 67.7. The van der Waals surface area contributed by atoms with E-state index in [2.05, 4.69) is 51.2 Å². The molecule has 0 bridgehead atoms. The molecule has 4 aromatic heterocycles. The molecule has 4 heterocycles. The number of benzene rings is 4. The van der Waals surface area contributed by atoms with E-state index in [1.165, 1.54) is 15.9 Å². The lowest BCUT2D eigenvalue weighted by atomic mass is 9.88. The predicted octanol–water partition coefficient (Wildman–Crippen LogP) is 14.6. The summed E-state index contributed by atoms with van der Waals surface area (Å²) in [5.41, 5.74) is 8.77. The number of ether oxygens (including phenoxy) is 4. The van der Waals surface area contributed by atoms with Crippen LogP contribution in [0.15, 0.2) is 158 Å². The van der Waals surface area contributed by atoms with Crippen LogP contribution in [-0.2, 0) is 19.1 Å². The Balaban J connectivity index is 0.000000268. The molecule has 17 nitrogen and oxygen atoms in total. The number of likely N-dealkylation sites (N-methyl/N-ethyl adjacent to an activating group) is 2. The van der Waals surface area contributed by atoms with Crippen LogP contribution in [0.1, 0.15) is 121 Å². The van der Waals surface area contributed by atoms with E-state index in [-0.39, 0.29) is 42.4 Å². The van der Waals surface area contributed by atoms with E-state index < -0.39 is 35.3 Å². The summed E-state index contributed by atoms with van der Waals surface area (Å²) < 4.78 is 53.4. The van der Waals surface area contributed by atoms with Gasteiger partial charge in [-0.3, -0.25) is 14.7 Å². The fourth-order valence-corrected chi connectivity index (χ4v) is 9.55. The minimum atomic E-state index is -0.790. The van der Waals surface area contributed by atoms with E-state index >= 15 is 4.39 Å². The van der Waals surface area contributed by atoms with E-state index in [1.54, 1.807) is 111 Å². The van der Waals surface area contributed by atoms with Gasteiger partial charge in [0.05, 0.1) is 35.0 Å². The molecule has 0 saturated carbocycles. The largest absolute Gasteiger partial charge is 0.478 e. The second kappa shape index (κ2) is 31.4. The molecule has 0 saturated heterocycles. The maximum atomic E-state index is 15.3. The number of H-pyrrole nitrogens is 1. The SMILES string of the molecule is CC/C(=C(/c1ccc(OCCCC/C=C/C(=O)N(C)C)nc1)c1ccc2n[nH]c(F)c2c1)c1ccccc1.CC/C(=C(/c1ccc(OCCN(C/C=C/C(=O)N(C)C)C(=O)OC(C)(C)C)nc1)c1ccc2c(c1)c(F)nn2C(=O)OC(C)(C)C)c1ccccc1. The van der Waals surface area contributed by atoms with Crippen molar-refractivity contribution in [2.75, 3.05) is 54.5 Å². The average Bonchev–Trinajstić information content (AvgIpc) is 2.18. The molecule has 0 radical (unpaired) electrons. The molecule has 0 atom stereocenters. The lowest BCUT2D eigenvalue weighted by molar-refractivity contribution is -0.124. The van der Waals surface area contributed by atoms with Crippen LogP contribution in [-0.4, -0.2) is 134 Å². The Morgan fingerprint density at radius 3 is 1.61 bits per heavy atom. The molecule has 0 spiro atoms. The first-order chi connectivity index (χ1) is 42.9. The highest BCUT2D eigenvalue weighted by atomic mass is 19.1. The molecule has 0 fully saturated rings. The Bertz CT molecular complexity index is 3860. The summed E-state index contributed by atoms with van der Waals surface area (Å²) >= 11 is 0. The van der Waals surface area contributed by atoms with Crippen molar-refractivity contribution in [3.05, 3.63) is 203 Å². The van der Waals surface area contributed by atoms with Crippen molar-refractivity contribution in [1.29, 1.82) is 0 Å². The number of nitrogens with zero attached hydrogens (tertiary/aromatic N) is 8. The molecular formula is C71H81F2N9O8. The first-order valence-corrected chi connectivity index (χ1v) is 30.0. The summed E-state index contributed by atoms with van der Waals surface area (Å²) in [6.45, 7) is 15.7. The van der Waals surface area contributed by atoms with Gasteiger partial charge in [-0.15, -0.1) is 5.10 Å². The summed E-state index contributed by atoms with van der Waals surface area (Å²) in [6, 6.07) is 38.4. The Morgan fingerprint density at radius 2 is 1.10 bits per heavy atom. The van der Waals surface area contributed by atoms with Crippen LogP contribution in [0.25, 0.3) is 44.1 Å². The van der Waals surface area contributed by atoms with Crippen molar-refractivity contribution in [2.45, 2.75) is 98.7 Å². The van der Waals surface area contributed by atoms with Gasteiger partial charge in [0.15, 0.2) is 0 Å². The van der Waals surface area contributed by atoms with Crippen molar-refractivity contribution < 1.29 is 46.9 Å². The summed E-state index contributed by atoms with van der Waals surface area (Å²) in [6.07, 6.45) is 12.8. The topological polar surface area (TPSA) is 187 Å². The number of halogens is 2. The van der Waals surface area contributed by atoms with Gasteiger partial charge in [-0.25, -0.2) is 19.6 Å². The van der Waals surface area contributed by atoms with Gasteiger partial charge in [0.25, 0.3) is 0 Å². The normalized spacial score (nSPS) is 12.3. The summed E-state index contributed by atoms with van der Waals surface area (Å²) in [5.74, 6) is -0.545. The molecule has 8 rings (SSSR count). The van der Waals surface area contributed by atoms with E-state index in [0.29, 0.717) is 41.3 Å². The van der Waals surface area contributed by atoms with Crippen molar-refractivity contribution >= 4 is 68.1 Å². The van der Waals surface area contributed by atoms with Gasteiger partial charge in [0, 0.05) is 76.5 Å². The van der Waals surface area contributed by atoms with Crippen LogP contribution < -0.4 is 9.47 Å². The Morgan fingerprint density at radius 1 is 0.589 bits per heavy atom. The molecule has 8 aromatic rings. The van der Waals surface area contributed by atoms with Gasteiger partial charge in [0.2, 0.25) is 35.5 Å². The number of nitrogens with one attached hydrogen (secondary N) is 1. The number of aromatic nitrogens is 6. The van der Waals surface area contributed by atoms with Crippen LogP contribution in [0.5, 0.6) is 11.8 Å². The highest BCUT2D eigenvalue weighted by Crippen LogP contribution is 2.38. The van der Waals surface area contributed by atoms with Crippen molar-refractivity contribution in [3.63, 3.8) is 0 Å². The maximum absolute atomic E-state index is 15.3. The first-order valence-electron chi connectivity index (χ1n) is 30.0. The third-order valence-corrected chi connectivity index (χ3v) is 13.9. The average molecular weight is 1230 g/mol. The zero-order valence-electron chi connectivity index (χ0n) is 53.5. The molecule has 3 amide bonds. The zero-order valence-corrected chi connectivity index (χ0v) is 53.5. The Kier molecular flexibility index (Phi) is 23.6. The molecule has 0 aliphatic rings. The minimum absolute atomic E-state index is 0.00715. The van der Waals surface area contributed by atoms with Crippen molar-refractivity contribution in [3.8, 4) is 11.8 Å². The highest BCUT2D eigenvalue weighted by Gasteiger charge is 2.25. The molecule has 90 heavy (non-hydrogen) atoms. The number of carbonyl (C=O) groups excluding carboxylic acids is 4. The van der Waals surface area contributed by atoms with Gasteiger partial charge >= 0.3 is 12.2 Å².